The van der Waals surface area contributed by atoms with Crippen LogP contribution in [-0.2, 0) is 32.5 Å². The first-order valence-electron chi connectivity index (χ1n) is 7.99. The molecule has 14 heteroatoms. The van der Waals surface area contributed by atoms with E-state index < -0.39 is 74.8 Å². The Morgan fingerprint density at radius 2 is 1.96 bits per heavy atom. The molecule has 8 nitrogen and oxygen atoms in total. The van der Waals surface area contributed by atoms with Crippen molar-refractivity contribution in [1.29, 1.82) is 0 Å². The van der Waals surface area contributed by atoms with Crippen molar-refractivity contribution >= 4 is 19.5 Å². The Bertz CT molecular complexity index is 775. The fourth-order valence-electron chi connectivity index (χ4n) is 2.97. The Morgan fingerprint density at radius 3 is 2.54 bits per heavy atom. The molecule has 3 heterocycles. The summed E-state index contributed by atoms with van der Waals surface area (Å²) in [7, 11) is -4.65. The minimum absolute atomic E-state index is 0.0107. The van der Waals surface area contributed by atoms with E-state index in [4.69, 9.17) is 9.26 Å². The Morgan fingerprint density at radius 1 is 1.32 bits per heavy atom. The van der Waals surface area contributed by atoms with Crippen molar-refractivity contribution in [2.45, 2.75) is 56.7 Å². The average molecular weight is 435 g/mol. The Balaban J connectivity index is 2.01. The zero-order valence-electron chi connectivity index (χ0n) is 14.4. The molecule has 3 aliphatic heterocycles. The number of alkyl halides is 4. The molecule has 0 bridgehead atoms. The first kappa shape index (κ1) is 21.3. The predicted molar refractivity (Wildman–Crippen MR) is 78.9 cm³/mol. The summed E-state index contributed by atoms with van der Waals surface area (Å²) >= 11 is 0. The third-order valence-corrected chi connectivity index (χ3v) is 5.81. The van der Waals surface area contributed by atoms with E-state index in [0.717, 1.165) is 0 Å². The Hall–Kier alpha value is -1.40. The number of carbonyl (C=O) groups excluding carboxylic acids is 2. The van der Waals surface area contributed by atoms with E-state index in [-0.39, 0.29) is 11.1 Å². The van der Waals surface area contributed by atoms with E-state index >= 15 is 0 Å². The van der Waals surface area contributed by atoms with Gasteiger partial charge in [-0.2, -0.15) is 8.78 Å². The maximum absolute atomic E-state index is 15.0. The molecule has 0 radical (unpaired) electrons. The van der Waals surface area contributed by atoms with Crippen molar-refractivity contribution in [3.05, 3.63) is 12.0 Å². The number of hydrogen-bond acceptors (Lipinski definition) is 7. The minimum atomic E-state index is -4.65. The number of rotatable bonds is 4. The number of carbonyl (C=O) groups is 2. The summed E-state index contributed by atoms with van der Waals surface area (Å²) in [6.07, 6.45) is -10.9. The summed E-state index contributed by atoms with van der Waals surface area (Å²) in [5, 5.41) is 0. The topological polar surface area (TPSA) is 91.4 Å². The zero-order valence-corrected chi connectivity index (χ0v) is 15.3. The Kier molecular flexibility index (Phi) is 5.20. The highest BCUT2D eigenvalue weighted by atomic mass is 31.2. The average Bonchev–Trinajstić information content (AvgIpc) is 2.79. The van der Waals surface area contributed by atoms with Crippen LogP contribution in [0.1, 0.15) is 20.3 Å². The standard InChI is InChI=1S/C14H15F5NO7P/c1-6(2)26-28(23)24-5-13(11(16)17)10(27-28)14(18,19)12(25-13)20-4-7(15)8(21)3-9(20)22/h4,6,10-12H,3,5H2,1-2H3/t10-,12-,13-,28?/m1/s1. The zero-order chi connectivity index (χ0) is 21.1. The van der Waals surface area contributed by atoms with Crippen LogP contribution in [0.3, 0.4) is 0 Å². The molecule has 1 unspecified atom stereocenters. The summed E-state index contributed by atoms with van der Waals surface area (Å²) in [6, 6.07) is 0. The number of Topliss-reactive ketones (excluding diaryl/α,β-unsaturated/α-hetero) is 1. The highest BCUT2D eigenvalue weighted by Crippen LogP contribution is 2.63. The van der Waals surface area contributed by atoms with Gasteiger partial charge in [0, 0.05) is 6.20 Å². The van der Waals surface area contributed by atoms with Gasteiger partial charge in [0.15, 0.2) is 17.5 Å². The summed E-state index contributed by atoms with van der Waals surface area (Å²) in [5.41, 5.74) is -3.10. The van der Waals surface area contributed by atoms with E-state index in [1.165, 1.54) is 13.8 Å². The maximum Gasteiger partial charge on any atom is 0.475 e. The lowest BCUT2D eigenvalue weighted by atomic mass is 9.95. The van der Waals surface area contributed by atoms with E-state index in [2.05, 4.69) is 9.05 Å². The van der Waals surface area contributed by atoms with Crippen LogP contribution in [0, 0.1) is 0 Å². The molecular formula is C14H15F5NO7P. The number of halogens is 5. The van der Waals surface area contributed by atoms with E-state index in [0.29, 0.717) is 0 Å². The second-order valence-corrected chi connectivity index (χ2v) is 8.21. The number of fused-ring (bicyclic) bond motifs is 1. The molecular weight excluding hydrogens is 420 g/mol. The SMILES string of the molecule is CC(C)OP1(=O)OC[C@@]2(C(F)F)O[C@@H](N3C=C(F)C(=O)CC3=O)C(F)(F)[C@@H]2O1. The highest BCUT2D eigenvalue weighted by molar-refractivity contribution is 7.48. The smallest absolute Gasteiger partial charge is 0.333 e. The van der Waals surface area contributed by atoms with Crippen LogP contribution >= 0.6 is 7.82 Å². The van der Waals surface area contributed by atoms with Crippen molar-refractivity contribution in [2.75, 3.05) is 6.61 Å². The molecule has 2 fully saturated rings. The van der Waals surface area contributed by atoms with Gasteiger partial charge in [0.05, 0.1) is 19.1 Å². The number of ketones is 1. The van der Waals surface area contributed by atoms with Crippen molar-refractivity contribution < 1.29 is 54.4 Å². The van der Waals surface area contributed by atoms with Crippen LogP contribution in [-0.4, -0.2) is 59.6 Å². The number of nitrogens with zero attached hydrogens (tertiary/aromatic N) is 1. The highest BCUT2D eigenvalue weighted by Gasteiger charge is 2.76. The summed E-state index contributed by atoms with van der Waals surface area (Å²) < 4.78 is 102. The largest absolute Gasteiger partial charge is 0.475 e. The van der Waals surface area contributed by atoms with Crippen LogP contribution in [0.15, 0.2) is 12.0 Å². The third kappa shape index (κ3) is 3.28. The molecule has 0 aliphatic carbocycles. The summed E-state index contributed by atoms with van der Waals surface area (Å²) in [4.78, 5) is 23.1. The van der Waals surface area contributed by atoms with Crippen LogP contribution in [0.5, 0.6) is 0 Å². The number of amides is 1. The van der Waals surface area contributed by atoms with Gasteiger partial charge in [-0.3, -0.25) is 28.1 Å². The summed E-state index contributed by atoms with van der Waals surface area (Å²) in [6.45, 7) is 1.47. The molecule has 0 N–H and O–H groups in total. The van der Waals surface area contributed by atoms with Gasteiger partial charge in [0.25, 0.3) is 6.43 Å². The second-order valence-electron chi connectivity index (χ2n) is 6.64. The first-order chi connectivity index (χ1) is 12.8. The molecule has 0 aromatic rings. The third-order valence-electron chi connectivity index (χ3n) is 4.22. The van der Waals surface area contributed by atoms with Crippen molar-refractivity contribution in [3.63, 3.8) is 0 Å². The van der Waals surface area contributed by atoms with Crippen LogP contribution in [0.25, 0.3) is 0 Å². The van der Waals surface area contributed by atoms with Crippen molar-refractivity contribution in [1.82, 2.24) is 4.90 Å². The van der Waals surface area contributed by atoms with Crippen molar-refractivity contribution in [2.24, 2.45) is 0 Å². The normalized spacial score (nSPS) is 38.2. The number of phosphoric ester groups is 1. The number of allylic oxidation sites excluding steroid dienone is 1. The lowest BCUT2D eigenvalue weighted by molar-refractivity contribution is -0.213. The molecule has 4 atom stereocenters. The van der Waals surface area contributed by atoms with Gasteiger partial charge in [-0.25, -0.2) is 17.7 Å². The van der Waals surface area contributed by atoms with Crippen LogP contribution in [0.2, 0.25) is 0 Å². The molecule has 3 rings (SSSR count). The number of hydrogen-bond donors (Lipinski definition) is 0. The molecule has 158 valence electrons. The fraction of sp³-hybridized carbons (Fsp3) is 0.714. The van der Waals surface area contributed by atoms with Crippen LogP contribution < -0.4 is 0 Å². The van der Waals surface area contributed by atoms with Crippen LogP contribution in [0.4, 0.5) is 22.0 Å². The van der Waals surface area contributed by atoms with Gasteiger partial charge in [-0.05, 0) is 13.8 Å². The van der Waals surface area contributed by atoms with E-state index in [9.17, 15) is 36.1 Å². The van der Waals surface area contributed by atoms with Gasteiger partial charge in [-0.1, -0.05) is 0 Å². The summed E-state index contributed by atoms with van der Waals surface area (Å²) in [5.74, 6) is -8.44. The van der Waals surface area contributed by atoms with Gasteiger partial charge < -0.3 is 4.74 Å². The van der Waals surface area contributed by atoms with Gasteiger partial charge >= 0.3 is 13.7 Å². The molecule has 3 aliphatic rings. The quantitative estimate of drug-likeness (QED) is 0.381. The van der Waals surface area contributed by atoms with Gasteiger partial charge in [0.1, 0.15) is 0 Å². The number of ether oxygens (including phenoxy) is 1. The van der Waals surface area contributed by atoms with Gasteiger partial charge in [-0.15, -0.1) is 0 Å². The molecule has 2 saturated heterocycles. The van der Waals surface area contributed by atoms with Gasteiger partial charge in [0.2, 0.25) is 17.9 Å². The lowest BCUT2D eigenvalue weighted by Gasteiger charge is -2.39. The monoisotopic (exact) mass is 435 g/mol. The number of phosphoric acid groups is 1. The molecule has 0 saturated carbocycles. The molecule has 0 aromatic carbocycles. The second kappa shape index (κ2) is 6.84. The first-order valence-corrected chi connectivity index (χ1v) is 9.45. The maximum atomic E-state index is 15.0. The lowest BCUT2D eigenvalue weighted by Crippen LogP contribution is -2.58. The fourth-order valence-corrected chi connectivity index (χ4v) is 4.60. The predicted octanol–water partition coefficient (Wildman–Crippen LogP) is 2.54. The Labute approximate surface area is 155 Å². The molecule has 1 amide bonds. The van der Waals surface area contributed by atoms with E-state index in [1.54, 1.807) is 0 Å². The molecule has 0 aromatic heterocycles. The van der Waals surface area contributed by atoms with E-state index in [1.807, 2.05) is 0 Å². The molecule has 28 heavy (non-hydrogen) atoms. The van der Waals surface area contributed by atoms with Crippen molar-refractivity contribution in [3.8, 4) is 0 Å². The molecule has 0 spiro atoms. The minimum Gasteiger partial charge on any atom is -0.333 e.